The summed E-state index contributed by atoms with van der Waals surface area (Å²) in [5.41, 5.74) is 0. The SMILES string of the molecule is CCCCC[PH](CCCC)(CCCCC)CCCCC. The van der Waals surface area contributed by atoms with Crippen molar-refractivity contribution < 1.29 is 0 Å². The first-order valence-electron chi connectivity index (χ1n) is 9.74. The van der Waals surface area contributed by atoms with Gasteiger partial charge in [0.25, 0.3) is 0 Å². The fourth-order valence-corrected chi connectivity index (χ4v) is 9.16. The zero-order valence-electron chi connectivity index (χ0n) is 15.1. The second-order valence-electron chi connectivity index (χ2n) is 6.97. The van der Waals surface area contributed by atoms with E-state index in [1.807, 2.05) is 0 Å². The molecule has 0 rings (SSSR count). The first-order chi connectivity index (χ1) is 9.74. The molecule has 1 heteroatoms. The monoisotopic (exact) mass is 302 g/mol. The molecular formula is C19H43P. The van der Waals surface area contributed by atoms with Crippen molar-refractivity contribution in [3.8, 4) is 0 Å². The second-order valence-corrected chi connectivity index (χ2v) is 12.0. The van der Waals surface area contributed by atoms with Gasteiger partial charge in [0, 0.05) is 0 Å². The molecular weight excluding hydrogens is 259 g/mol. The van der Waals surface area contributed by atoms with Gasteiger partial charge < -0.3 is 0 Å². The average molecular weight is 303 g/mol. The van der Waals surface area contributed by atoms with E-state index in [1.165, 1.54) is 70.6 Å². The Morgan fingerprint density at radius 2 is 0.700 bits per heavy atom. The third-order valence-electron chi connectivity index (χ3n) is 4.99. The fraction of sp³-hybridized carbons (Fsp3) is 1.00. The summed E-state index contributed by atoms with van der Waals surface area (Å²) in [5, 5.41) is 0. The molecule has 0 heterocycles. The minimum atomic E-state index is -0.928. The Bertz CT molecular complexity index is 162. The van der Waals surface area contributed by atoms with Crippen LogP contribution in [0.3, 0.4) is 0 Å². The van der Waals surface area contributed by atoms with Crippen molar-refractivity contribution in [1.82, 2.24) is 0 Å². The molecule has 0 N–H and O–H groups in total. The Kier molecular flexibility index (Phi) is 14.7. The van der Waals surface area contributed by atoms with E-state index in [9.17, 15) is 0 Å². The van der Waals surface area contributed by atoms with Crippen LogP contribution in [0, 0.1) is 0 Å². The molecule has 20 heavy (non-hydrogen) atoms. The molecule has 0 saturated carbocycles. The van der Waals surface area contributed by atoms with Gasteiger partial charge in [0.15, 0.2) is 0 Å². The van der Waals surface area contributed by atoms with Gasteiger partial charge in [-0.05, 0) is 0 Å². The maximum absolute atomic E-state index is 2.38. The third-order valence-corrected chi connectivity index (χ3v) is 10.6. The van der Waals surface area contributed by atoms with E-state index >= 15 is 0 Å². The molecule has 0 radical (unpaired) electrons. The summed E-state index contributed by atoms with van der Waals surface area (Å²) in [7, 11) is -0.928. The van der Waals surface area contributed by atoms with Gasteiger partial charge in [-0.1, -0.05) is 0 Å². The fourth-order valence-electron chi connectivity index (χ4n) is 3.55. The summed E-state index contributed by atoms with van der Waals surface area (Å²) in [5.74, 6) is 0. The first-order valence-corrected chi connectivity index (χ1v) is 12.6. The molecule has 0 aromatic rings. The molecule has 0 spiro atoms. The van der Waals surface area contributed by atoms with E-state index in [2.05, 4.69) is 27.7 Å². The van der Waals surface area contributed by atoms with Crippen molar-refractivity contribution in [3.63, 3.8) is 0 Å². The first kappa shape index (κ1) is 20.4. The molecule has 0 aliphatic rings. The minimum absolute atomic E-state index is 0.928. The second kappa shape index (κ2) is 14.4. The van der Waals surface area contributed by atoms with Gasteiger partial charge in [0.1, 0.15) is 0 Å². The summed E-state index contributed by atoms with van der Waals surface area (Å²) >= 11 is 0. The van der Waals surface area contributed by atoms with E-state index < -0.39 is 7.26 Å². The zero-order chi connectivity index (χ0) is 15.1. The number of hydrogen-bond acceptors (Lipinski definition) is 0. The molecule has 0 aliphatic heterocycles. The van der Waals surface area contributed by atoms with E-state index in [0.717, 1.165) is 0 Å². The number of rotatable bonds is 15. The Morgan fingerprint density at radius 3 is 1.00 bits per heavy atom. The van der Waals surface area contributed by atoms with Crippen molar-refractivity contribution >= 4 is 7.26 Å². The van der Waals surface area contributed by atoms with Gasteiger partial charge in [0.2, 0.25) is 0 Å². The van der Waals surface area contributed by atoms with E-state index in [1.54, 1.807) is 24.6 Å². The summed E-state index contributed by atoms with van der Waals surface area (Å²) in [6.07, 6.45) is 22.7. The van der Waals surface area contributed by atoms with Crippen molar-refractivity contribution in [2.24, 2.45) is 0 Å². The predicted octanol–water partition coefficient (Wildman–Crippen LogP) is 7.11. The van der Waals surface area contributed by atoms with Gasteiger partial charge in [-0.3, -0.25) is 0 Å². The molecule has 0 unspecified atom stereocenters. The Morgan fingerprint density at radius 1 is 0.400 bits per heavy atom. The van der Waals surface area contributed by atoms with Crippen molar-refractivity contribution in [3.05, 3.63) is 0 Å². The topological polar surface area (TPSA) is 0 Å². The van der Waals surface area contributed by atoms with E-state index in [4.69, 9.17) is 0 Å². The van der Waals surface area contributed by atoms with Crippen LogP contribution < -0.4 is 0 Å². The van der Waals surface area contributed by atoms with Crippen molar-refractivity contribution in [2.75, 3.05) is 24.6 Å². The van der Waals surface area contributed by atoms with Crippen LogP contribution in [0.1, 0.15) is 98.3 Å². The molecule has 0 amide bonds. The summed E-state index contributed by atoms with van der Waals surface area (Å²) < 4.78 is 0. The molecule has 0 atom stereocenters. The molecule has 0 aromatic heterocycles. The Balaban J connectivity index is 4.48. The Labute approximate surface area is 130 Å². The molecule has 0 saturated heterocycles. The molecule has 0 bridgehead atoms. The van der Waals surface area contributed by atoms with Gasteiger partial charge in [-0.2, -0.15) is 0 Å². The summed E-state index contributed by atoms with van der Waals surface area (Å²) in [6.45, 7) is 9.43. The van der Waals surface area contributed by atoms with Crippen LogP contribution in [0.5, 0.6) is 0 Å². The summed E-state index contributed by atoms with van der Waals surface area (Å²) in [4.78, 5) is 0. The maximum atomic E-state index is 2.38. The molecule has 0 aromatic carbocycles. The van der Waals surface area contributed by atoms with Crippen LogP contribution in [-0.4, -0.2) is 24.6 Å². The third kappa shape index (κ3) is 10.2. The number of hydrogen-bond donors (Lipinski definition) is 0. The number of unbranched alkanes of at least 4 members (excludes halogenated alkanes) is 7. The van der Waals surface area contributed by atoms with Gasteiger partial charge in [-0.25, -0.2) is 0 Å². The molecule has 124 valence electrons. The van der Waals surface area contributed by atoms with E-state index in [0.29, 0.717) is 0 Å². The summed E-state index contributed by atoms with van der Waals surface area (Å²) in [6, 6.07) is 0. The van der Waals surface area contributed by atoms with Gasteiger partial charge in [-0.15, -0.1) is 0 Å². The van der Waals surface area contributed by atoms with Gasteiger partial charge in [0.05, 0.1) is 0 Å². The van der Waals surface area contributed by atoms with Gasteiger partial charge >= 0.3 is 130 Å². The quantitative estimate of drug-likeness (QED) is 0.223. The van der Waals surface area contributed by atoms with E-state index in [-0.39, 0.29) is 0 Å². The average Bonchev–Trinajstić information content (AvgIpc) is 2.46. The zero-order valence-corrected chi connectivity index (χ0v) is 16.1. The van der Waals surface area contributed by atoms with Crippen LogP contribution in [0.4, 0.5) is 0 Å². The standard InChI is InChI=1S/C19H43P/c1-5-9-13-17-20(16-12-8-4,18-14-10-6-2)19-15-11-7-3/h20H,5-19H2,1-4H3. The van der Waals surface area contributed by atoms with Crippen LogP contribution in [0.25, 0.3) is 0 Å². The van der Waals surface area contributed by atoms with Crippen LogP contribution in [0.15, 0.2) is 0 Å². The Hall–Kier alpha value is 0.430. The predicted molar refractivity (Wildman–Crippen MR) is 101 cm³/mol. The van der Waals surface area contributed by atoms with Crippen LogP contribution >= 0.6 is 7.26 Å². The molecule has 0 fully saturated rings. The van der Waals surface area contributed by atoms with Crippen molar-refractivity contribution in [2.45, 2.75) is 98.3 Å². The normalized spacial score (nSPS) is 12.8. The molecule has 0 aliphatic carbocycles. The molecule has 0 nitrogen and oxygen atoms in total. The van der Waals surface area contributed by atoms with Crippen LogP contribution in [-0.2, 0) is 0 Å². The van der Waals surface area contributed by atoms with Crippen LogP contribution in [0.2, 0.25) is 0 Å². The van der Waals surface area contributed by atoms with Crippen molar-refractivity contribution in [1.29, 1.82) is 0 Å².